The number of morpholine rings is 1. The second-order valence-corrected chi connectivity index (χ2v) is 5.13. The molecule has 8 nitrogen and oxygen atoms in total. The summed E-state index contributed by atoms with van der Waals surface area (Å²) in [6, 6.07) is 6.99. The molecular weight excluding hydrogens is 310 g/mol. The number of anilines is 1. The molecule has 24 heavy (non-hydrogen) atoms. The molecule has 0 unspecified atom stereocenters. The van der Waals surface area contributed by atoms with E-state index in [1.54, 1.807) is 30.5 Å². The lowest BCUT2D eigenvalue weighted by Gasteiger charge is -2.27. The van der Waals surface area contributed by atoms with Gasteiger partial charge in [0.1, 0.15) is 24.4 Å². The molecule has 1 N–H and O–H groups in total. The largest absolute Gasteiger partial charge is 0.476 e. The SMILES string of the molecule is O=C(NCCOc1cc(N2CCOCC2)ncn1)c1ccccn1. The van der Waals surface area contributed by atoms with Gasteiger partial charge in [0.15, 0.2) is 0 Å². The van der Waals surface area contributed by atoms with Gasteiger partial charge in [-0.2, -0.15) is 0 Å². The number of nitrogens with zero attached hydrogens (tertiary/aromatic N) is 4. The Bertz CT molecular complexity index is 662. The van der Waals surface area contributed by atoms with Crippen LogP contribution in [0.15, 0.2) is 36.8 Å². The van der Waals surface area contributed by atoms with Crippen molar-refractivity contribution in [2.45, 2.75) is 0 Å². The Hall–Kier alpha value is -2.74. The maximum Gasteiger partial charge on any atom is 0.269 e. The Morgan fingerprint density at radius 3 is 2.92 bits per heavy atom. The first-order valence-corrected chi connectivity index (χ1v) is 7.80. The lowest BCUT2D eigenvalue weighted by molar-refractivity contribution is 0.0941. The molecule has 0 aliphatic carbocycles. The van der Waals surface area contributed by atoms with Gasteiger partial charge in [0.05, 0.1) is 19.8 Å². The van der Waals surface area contributed by atoms with Gasteiger partial charge in [0, 0.05) is 25.4 Å². The van der Waals surface area contributed by atoms with Crippen LogP contribution in [0, 0.1) is 0 Å². The molecule has 0 spiro atoms. The van der Waals surface area contributed by atoms with Gasteiger partial charge in [0.2, 0.25) is 5.88 Å². The van der Waals surface area contributed by atoms with Crippen LogP contribution in [0.4, 0.5) is 5.82 Å². The zero-order valence-electron chi connectivity index (χ0n) is 13.2. The van der Waals surface area contributed by atoms with Gasteiger partial charge in [0.25, 0.3) is 5.91 Å². The average Bonchev–Trinajstić information content (AvgIpc) is 2.67. The minimum Gasteiger partial charge on any atom is -0.476 e. The van der Waals surface area contributed by atoms with E-state index in [4.69, 9.17) is 9.47 Å². The van der Waals surface area contributed by atoms with Crippen LogP contribution in [0.1, 0.15) is 10.5 Å². The predicted octanol–water partition coefficient (Wildman–Crippen LogP) is 0.517. The summed E-state index contributed by atoms with van der Waals surface area (Å²) in [4.78, 5) is 26.3. The Kier molecular flexibility index (Phi) is 5.52. The van der Waals surface area contributed by atoms with Crippen LogP contribution in [0.25, 0.3) is 0 Å². The van der Waals surface area contributed by atoms with E-state index < -0.39 is 0 Å². The van der Waals surface area contributed by atoms with Crippen molar-refractivity contribution in [3.63, 3.8) is 0 Å². The number of aromatic nitrogens is 3. The summed E-state index contributed by atoms with van der Waals surface area (Å²) in [5, 5.41) is 2.75. The van der Waals surface area contributed by atoms with Crippen LogP contribution in [0.5, 0.6) is 5.88 Å². The first-order valence-electron chi connectivity index (χ1n) is 7.80. The zero-order valence-corrected chi connectivity index (χ0v) is 13.2. The van der Waals surface area contributed by atoms with Crippen molar-refractivity contribution in [2.75, 3.05) is 44.4 Å². The number of carbonyl (C=O) groups excluding carboxylic acids is 1. The lowest BCUT2D eigenvalue weighted by Crippen LogP contribution is -2.36. The first kappa shape index (κ1) is 16.1. The fraction of sp³-hybridized carbons (Fsp3) is 0.375. The zero-order chi connectivity index (χ0) is 16.6. The average molecular weight is 329 g/mol. The second-order valence-electron chi connectivity index (χ2n) is 5.13. The van der Waals surface area contributed by atoms with Gasteiger partial charge in [-0.25, -0.2) is 9.97 Å². The molecule has 1 aliphatic rings. The Labute approximate surface area is 139 Å². The molecule has 126 valence electrons. The normalized spacial score (nSPS) is 14.2. The fourth-order valence-corrected chi connectivity index (χ4v) is 2.28. The van der Waals surface area contributed by atoms with Gasteiger partial charge in [-0.05, 0) is 12.1 Å². The molecule has 8 heteroatoms. The third-order valence-corrected chi connectivity index (χ3v) is 3.50. The number of nitrogens with one attached hydrogen (secondary N) is 1. The Balaban J connectivity index is 1.46. The molecule has 1 aliphatic heterocycles. The summed E-state index contributed by atoms with van der Waals surface area (Å²) < 4.78 is 10.9. The summed E-state index contributed by atoms with van der Waals surface area (Å²) in [7, 11) is 0. The maximum atomic E-state index is 11.8. The molecule has 0 bridgehead atoms. The number of amides is 1. The van der Waals surface area contributed by atoms with E-state index in [2.05, 4.69) is 25.2 Å². The van der Waals surface area contributed by atoms with Gasteiger partial charge < -0.3 is 19.7 Å². The maximum absolute atomic E-state index is 11.8. The highest BCUT2D eigenvalue weighted by Gasteiger charge is 2.13. The van der Waals surface area contributed by atoms with Crippen LogP contribution in [0.2, 0.25) is 0 Å². The molecule has 0 radical (unpaired) electrons. The van der Waals surface area contributed by atoms with E-state index in [1.807, 2.05) is 0 Å². The molecule has 0 atom stereocenters. The number of ether oxygens (including phenoxy) is 2. The second kappa shape index (κ2) is 8.21. The molecule has 0 saturated carbocycles. The van der Waals surface area contributed by atoms with Gasteiger partial charge >= 0.3 is 0 Å². The van der Waals surface area contributed by atoms with Gasteiger partial charge in [-0.15, -0.1) is 0 Å². The van der Waals surface area contributed by atoms with Crippen LogP contribution >= 0.6 is 0 Å². The minimum absolute atomic E-state index is 0.226. The van der Waals surface area contributed by atoms with E-state index >= 15 is 0 Å². The standard InChI is InChI=1S/C16H19N5O3/c22-16(13-3-1-2-4-17-13)18-5-8-24-15-11-14(19-12-20-15)21-6-9-23-10-7-21/h1-4,11-12H,5-10H2,(H,18,22). The van der Waals surface area contributed by atoms with Crippen LogP contribution in [0.3, 0.4) is 0 Å². The molecule has 3 rings (SSSR count). The molecule has 1 fully saturated rings. The fourth-order valence-electron chi connectivity index (χ4n) is 2.28. The molecule has 0 aromatic carbocycles. The van der Waals surface area contributed by atoms with E-state index in [-0.39, 0.29) is 5.91 Å². The van der Waals surface area contributed by atoms with Crippen LogP contribution in [-0.4, -0.2) is 60.3 Å². The number of pyridine rings is 1. The highest BCUT2D eigenvalue weighted by atomic mass is 16.5. The van der Waals surface area contributed by atoms with E-state index in [9.17, 15) is 4.79 Å². The monoisotopic (exact) mass is 329 g/mol. The molecule has 1 amide bonds. The molecule has 2 aromatic heterocycles. The number of hydrogen-bond donors (Lipinski definition) is 1. The highest BCUT2D eigenvalue weighted by Crippen LogP contribution is 2.16. The van der Waals surface area contributed by atoms with Crippen molar-refractivity contribution in [1.29, 1.82) is 0 Å². The summed E-state index contributed by atoms with van der Waals surface area (Å²) in [6.45, 7) is 3.68. The van der Waals surface area contributed by atoms with Crippen molar-refractivity contribution in [1.82, 2.24) is 20.3 Å². The van der Waals surface area contributed by atoms with Crippen LogP contribution < -0.4 is 15.0 Å². The van der Waals surface area contributed by atoms with Crippen LogP contribution in [-0.2, 0) is 4.74 Å². The lowest BCUT2D eigenvalue weighted by atomic mass is 10.3. The summed E-state index contributed by atoms with van der Waals surface area (Å²) in [6.07, 6.45) is 3.06. The summed E-state index contributed by atoms with van der Waals surface area (Å²) in [5.74, 6) is 1.08. The molecular formula is C16H19N5O3. The quantitative estimate of drug-likeness (QED) is 0.773. The summed E-state index contributed by atoms with van der Waals surface area (Å²) >= 11 is 0. The van der Waals surface area contributed by atoms with E-state index in [0.717, 1.165) is 18.9 Å². The van der Waals surface area contributed by atoms with Gasteiger partial charge in [-0.3, -0.25) is 9.78 Å². The molecule has 1 saturated heterocycles. The van der Waals surface area contributed by atoms with Crippen molar-refractivity contribution in [2.24, 2.45) is 0 Å². The number of carbonyl (C=O) groups is 1. The Morgan fingerprint density at radius 1 is 1.25 bits per heavy atom. The van der Waals surface area contributed by atoms with Gasteiger partial charge in [-0.1, -0.05) is 6.07 Å². The molecule has 2 aromatic rings. The predicted molar refractivity (Wildman–Crippen MR) is 87.1 cm³/mol. The van der Waals surface area contributed by atoms with E-state index in [0.29, 0.717) is 37.9 Å². The summed E-state index contributed by atoms with van der Waals surface area (Å²) in [5.41, 5.74) is 0.383. The third kappa shape index (κ3) is 4.39. The number of rotatable bonds is 6. The highest BCUT2D eigenvalue weighted by molar-refractivity contribution is 5.92. The smallest absolute Gasteiger partial charge is 0.269 e. The van der Waals surface area contributed by atoms with Crippen molar-refractivity contribution in [3.05, 3.63) is 42.5 Å². The topological polar surface area (TPSA) is 89.5 Å². The van der Waals surface area contributed by atoms with Crippen molar-refractivity contribution >= 4 is 11.7 Å². The minimum atomic E-state index is -0.226. The van der Waals surface area contributed by atoms with E-state index in [1.165, 1.54) is 6.33 Å². The van der Waals surface area contributed by atoms with Crippen molar-refractivity contribution in [3.8, 4) is 5.88 Å². The van der Waals surface area contributed by atoms with Crippen molar-refractivity contribution < 1.29 is 14.3 Å². The number of hydrogen-bond acceptors (Lipinski definition) is 7. The Morgan fingerprint density at radius 2 is 2.12 bits per heavy atom. The molecule has 3 heterocycles. The first-order chi connectivity index (χ1) is 11.8. The third-order valence-electron chi connectivity index (χ3n) is 3.50.